The summed E-state index contributed by atoms with van der Waals surface area (Å²) in [7, 11) is 0. The van der Waals surface area contributed by atoms with Gasteiger partial charge in [-0.1, -0.05) is 6.92 Å². The first-order chi connectivity index (χ1) is 9.28. The minimum Gasteiger partial charge on any atom is -0.306 e. The van der Waals surface area contributed by atoms with Crippen LogP contribution in [0.25, 0.3) is 0 Å². The van der Waals surface area contributed by atoms with Crippen LogP contribution in [-0.2, 0) is 19.3 Å². The molecule has 1 aliphatic carbocycles. The van der Waals surface area contributed by atoms with E-state index in [2.05, 4.69) is 21.6 Å². The number of thiophene rings is 1. The molecule has 0 aromatic carbocycles. The molecule has 2 aromatic heterocycles. The van der Waals surface area contributed by atoms with E-state index in [-0.39, 0.29) is 5.91 Å². The number of nitrogens with one attached hydrogen (secondary N) is 2. The summed E-state index contributed by atoms with van der Waals surface area (Å²) in [4.78, 5) is 14.4. The predicted octanol–water partition coefficient (Wildman–Crippen LogP) is 3.16. The highest BCUT2D eigenvalue weighted by Crippen LogP contribution is 2.30. The van der Waals surface area contributed by atoms with Crippen molar-refractivity contribution in [3.63, 3.8) is 0 Å². The Morgan fingerprint density at radius 2 is 2.32 bits per heavy atom. The molecule has 0 radical (unpaired) electrons. The third-order valence-electron chi connectivity index (χ3n) is 3.56. The number of aryl methyl sites for hydroxylation is 3. The van der Waals surface area contributed by atoms with Crippen LogP contribution >= 0.6 is 11.3 Å². The number of H-pyrrole nitrogens is 1. The Morgan fingerprint density at radius 1 is 1.47 bits per heavy atom. The average molecular weight is 275 g/mol. The summed E-state index contributed by atoms with van der Waals surface area (Å²) in [6, 6.07) is 2.05. The number of aromatic nitrogens is 2. The molecular formula is C14H17N3OS. The van der Waals surface area contributed by atoms with E-state index < -0.39 is 0 Å². The van der Waals surface area contributed by atoms with Gasteiger partial charge in [0.05, 0.1) is 11.1 Å². The van der Waals surface area contributed by atoms with Crippen LogP contribution < -0.4 is 5.32 Å². The SMILES string of the molecule is CCc1cn[nH]c1NC(=O)c1cc2c(s1)CCCC2. The number of hydrogen-bond donors (Lipinski definition) is 2. The molecule has 0 bridgehead atoms. The fourth-order valence-electron chi connectivity index (χ4n) is 2.47. The molecule has 0 atom stereocenters. The molecule has 100 valence electrons. The summed E-state index contributed by atoms with van der Waals surface area (Å²) < 4.78 is 0. The third-order valence-corrected chi connectivity index (χ3v) is 4.79. The van der Waals surface area contributed by atoms with E-state index in [1.165, 1.54) is 23.3 Å². The molecule has 5 heteroatoms. The van der Waals surface area contributed by atoms with Crippen LogP contribution in [0.15, 0.2) is 12.3 Å². The van der Waals surface area contributed by atoms with Crippen molar-refractivity contribution < 1.29 is 4.79 Å². The minimum absolute atomic E-state index is 0.0293. The molecule has 0 spiro atoms. The highest BCUT2D eigenvalue weighted by Gasteiger charge is 2.18. The van der Waals surface area contributed by atoms with Crippen molar-refractivity contribution in [3.05, 3.63) is 33.1 Å². The Balaban J connectivity index is 1.79. The molecule has 2 N–H and O–H groups in total. The maximum atomic E-state index is 12.2. The van der Waals surface area contributed by atoms with Crippen LogP contribution in [-0.4, -0.2) is 16.1 Å². The van der Waals surface area contributed by atoms with Gasteiger partial charge < -0.3 is 5.32 Å². The van der Waals surface area contributed by atoms with Crippen molar-refractivity contribution in [2.75, 3.05) is 5.32 Å². The number of nitrogens with zero attached hydrogens (tertiary/aromatic N) is 1. The standard InChI is InChI=1S/C14H17N3OS/c1-2-9-8-15-17-13(9)16-14(18)12-7-10-5-3-4-6-11(10)19-12/h7-8H,2-6H2,1H3,(H2,15,16,17,18). The minimum atomic E-state index is -0.0293. The number of aromatic amines is 1. The normalized spacial score (nSPS) is 14.2. The first kappa shape index (κ1) is 12.4. The Labute approximate surface area is 116 Å². The molecule has 19 heavy (non-hydrogen) atoms. The topological polar surface area (TPSA) is 57.8 Å². The van der Waals surface area contributed by atoms with Gasteiger partial charge in [0, 0.05) is 10.4 Å². The molecule has 2 aromatic rings. The number of carbonyl (C=O) groups is 1. The summed E-state index contributed by atoms with van der Waals surface area (Å²) >= 11 is 1.63. The van der Waals surface area contributed by atoms with E-state index in [1.54, 1.807) is 17.5 Å². The zero-order valence-electron chi connectivity index (χ0n) is 11.0. The van der Waals surface area contributed by atoms with Gasteiger partial charge in [-0.3, -0.25) is 9.89 Å². The average Bonchev–Trinajstić information content (AvgIpc) is 3.03. The van der Waals surface area contributed by atoms with Crippen molar-refractivity contribution in [1.29, 1.82) is 0 Å². The summed E-state index contributed by atoms with van der Waals surface area (Å²) in [6.45, 7) is 2.05. The lowest BCUT2D eigenvalue weighted by atomic mass is 9.99. The van der Waals surface area contributed by atoms with Crippen molar-refractivity contribution in [2.24, 2.45) is 0 Å². The molecule has 1 aliphatic rings. The molecule has 0 aliphatic heterocycles. The van der Waals surface area contributed by atoms with Gasteiger partial charge in [-0.25, -0.2) is 0 Å². The van der Waals surface area contributed by atoms with Crippen molar-refractivity contribution in [1.82, 2.24) is 10.2 Å². The van der Waals surface area contributed by atoms with E-state index in [9.17, 15) is 4.79 Å². The second-order valence-corrected chi connectivity index (χ2v) is 5.98. The molecule has 0 saturated heterocycles. The second kappa shape index (κ2) is 5.17. The fourth-order valence-corrected chi connectivity index (χ4v) is 3.61. The highest BCUT2D eigenvalue weighted by atomic mass is 32.1. The second-order valence-electron chi connectivity index (χ2n) is 4.84. The zero-order chi connectivity index (χ0) is 13.2. The Bertz CT molecular complexity index is 576. The van der Waals surface area contributed by atoms with Crippen LogP contribution in [0.1, 0.15) is 45.4 Å². The number of rotatable bonds is 3. The monoisotopic (exact) mass is 275 g/mol. The van der Waals surface area contributed by atoms with Crippen LogP contribution in [0, 0.1) is 0 Å². The van der Waals surface area contributed by atoms with Crippen molar-refractivity contribution >= 4 is 23.1 Å². The van der Waals surface area contributed by atoms with Gasteiger partial charge in [0.2, 0.25) is 0 Å². The maximum absolute atomic E-state index is 12.2. The van der Waals surface area contributed by atoms with E-state index in [0.29, 0.717) is 0 Å². The Morgan fingerprint density at radius 3 is 3.11 bits per heavy atom. The van der Waals surface area contributed by atoms with Gasteiger partial charge in [-0.05, 0) is 43.7 Å². The van der Waals surface area contributed by atoms with E-state index in [1.807, 2.05) is 6.92 Å². The van der Waals surface area contributed by atoms with E-state index in [0.717, 1.165) is 35.5 Å². The number of carbonyl (C=O) groups excluding carboxylic acids is 1. The molecular weight excluding hydrogens is 258 g/mol. The number of anilines is 1. The van der Waals surface area contributed by atoms with Gasteiger partial charge in [0.25, 0.3) is 5.91 Å². The van der Waals surface area contributed by atoms with Crippen LogP contribution in [0.4, 0.5) is 5.82 Å². The van der Waals surface area contributed by atoms with Crippen molar-refractivity contribution in [3.8, 4) is 0 Å². The largest absolute Gasteiger partial charge is 0.306 e. The predicted molar refractivity (Wildman–Crippen MR) is 76.9 cm³/mol. The first-order valence-corrected chi connectivity index (χ1v) is 7.54. The summed E-state index contributed by atoms with van der Waals surface area (Å²) in [5.41, 5.74) is 2.40. The third kappa shape index (κ3) is 2.42. The number of amides is 1. The quantitative estimate of drug-likeness (QED) is 0.904. The molecule has 0 fully saturated rings. The van der Waals surface area contributed by atoms with E-state index in [4.69, 9.17) is 0 Å². The summed E-state index contributed by atoms with van der Waals surface area (Å²) in [6.07, 6.45) is 7.34. The lowest BCUT2D eigenvalue weighted by Crippen LogP contribution is -2.11. The molecule has 4 nitrogen and oxygen atoms in total. The Kier molecular flexibility index (Phi) is 3.38. The lowest BCUT2D eigenvalue weighted by Gasteiger charge is -2.08. The smallest absolute Gasteiger partial charge is 0.266 e. The van der Waals surface area contributed by atoms with Gasteiger partial charge in [-0.15, -0.1) is 11.3 Å². The zero-order valence-corrected chi connectivity index (χ0v) is 11.8. The van der Waals surface area contributed by atoms with Gasteiger partial charge in [0.15, 0.2) is 0 Å². The van der Waals surface area contributed by atoms with Crippen LogP contribution in [0.5, 0.6) is 0 Å². The van der Waals surface area contributed by atoms with Gasteiger partial charge in [-0.2, -0.15) is 5.10 Å². The summed E-state index contributed by atoms with van der Waals surface area (Å²) in [5, 5.41) is 9.73. The maximum Gasteiger partial charge on any atom is 0.266 e. The van der Waals surface area contributed by atoms with E-state index >= 15 is 0 Å². The first-order valence-electron chi connectivity index (χ1n) is 6.73. The summed E-state index contributed by atoms with van der Waals surface area (Å²) in [5.74, 6) is 0.692. The van der Waals surface area contributed by atoms with Gasteiger partial charge >= 0.3 is 0 Å². The molecule has 2 heterocycles. The molecule has 1 amide bonds. The lowest BCUT2D eigenvalue weighted by molar-refractivity contribution is 0.103. The Hall–Kier alpha value is -1.62. The highest BCUT2D eigenvalue weighted by molar-refractivity contribution is 7.14. The number of fused-ring (bicyclic) bond motifs is 1. The fraction of sp³-hybridized carbons (Fsp3) is 0.429. The van der Waals surface area contributed by atoms with Crippen molar-refractivity contribution in [2.45, 2.75) is 39.0 Å². The van der Waals surface area contributed by atoms with Crippen LogP contribution in [0.2, 0.25) is 0 Å². The van der Waals surface area contributed by atoms with Crippen LogP contribution in [0.3, 0.4) is 0 Å². The molecule has 0 saturated carbocycles. The van der Waals surface area contributed by atoms with Gasteiger partial charge in [0.1, 0.15) is 5.82 Å². The molecule has 0 unspecified atom stereocenters. The number of hydrogen-bond acceptors (Lipinski definition) is 3. The molecule has 3 rings (SSSR count).